The van der Waals surface area contributed by atoms with Crippen molar-refractivity contribution >= 4 is 11.8 Å². The van der Waals surface area contributed by atoms with Gasteiger partial charge in [0.1, 0.15) is 5.69 Å². The molecular weight excluding hydrogens is 272 g/mol. The zero-order chi connectivity index (χ0) is 14.8. The first-order valence-electron chi connectivity index (χ1n) is 6.60. The number of aromatic nitrogens is 2. The molecule has 2 N–H and O–H groups in total. The van der Waals surface area contributed by atoms with E-state index in [-0.39, 0.29) is 17.5 Å². The molecule has 2 aromatic heterocycles. The van der Waals surface area contributed by atoms with Crippen LogP contribution in [0.5, 0.6) is 0 Å². The van der Waals surface area contributed by atoms with Crippen molar-refractivity contribution < 1.29 is 14.0 Å². The van der Waals surface area contributed by atoms with Gasteiger partial charge < -0.3 is 15.1 Å². The maximum Gasteiger partial charge on any atom is 0.289 e. The number of nitrogens with zero attached hydrogens (tertiary/aromatic N) is 3. The monoisotopic (exact) mass is 286 g/mol. The minimum atomic E-state index is -0.603. The number of hydrogen-bond acceptors (Lipinski definition) is 5. The molecule has 0 spiro atoms. The molecule has 3 heterocycles. The smallest absolute Gasteiger partial charge is 0.289 e. The molecule has 0 aromatic carbocycles. The van der Waals surface area contributed by atoms with Gasteiger partial charge in [-0.25, -0.2) is 4.98 Å². The Kier molecular flexibility index (Phi) is 3.39. The standard InChI is InChI=1S/C14H14N4O3/c15-13(19)12-11(16-4-5-17-12)9-3-6-18(8-9)14(20)10-2-1-7-21-10/h1-2,4-5,7,9H,3,6,8H2,(H2,15,19)/t9-/m0/s1. The highest BCUT2D eigenvalue weighted by Gasteiger charge is 2.32. The van der Waals surface area contributed by atoms with Gasteiger partial charge in [0.05, 0.1) is 12.0 Å². The number of rotatable bonds is 3. The summed E-state index contributed by atoms with van der Waals surface area (Å²) in [6.07, 6.45) is 5.14. The summed E-state index contributed by atoms with van der Waals surface area (Å²) < 4.78 is 5.12. The fourth-order valence-electron chi connectivity index (χ4n) is 2.56. The van der Waals surface area contributed by atoms with Gasteiger partial charge in [-0.3, -0.25) is 14.6 Å². The minimum Gasteiger partial charge on any atom is -0.459 e. The van der Waals surface area contributed by atoms with E-state index in [0.717, 1.165) is 0 Å². The van der Waals surface area contributed by atoms with Crippen LogP contribution in [0, 0.1) is 0 Å². The van der Waals surface area contributed by atoms with Gasteiger partial charge in [-0.1, -0.05) is 0 Å². The molecule has 1 aliphatic rings. The van der Waals surface area contributed by atoms with E-state index in [0.29, 0.717) is 31.0 Å². The Balaban J connectivity index is 1.79. The number of furan rings is 1. The van der Waals surface area contributed by atoms with Gasteiger partial charge in [0.15, 0.2) is 5.76 Å². The van der Waals surface area contributed by atoms with Crippen molar-refractivity contribution in [3.63, 3.8) is 0 Å². The first-order valence-corrected chi connectivity index (χ1v) is 6.60. The van der Waals surface area contributed by atoms with E-state index in [1.165, 1.54) is 18.7 Å². The SMILES string of the molecule is NC(=O)c1nccnc1[C@H]1CCN(C(=O)c2ccco2)C1. The van der Waals surface area contributed by atoms with Crippen molar-refractivity contribution in [3.05, 3.63) is 47.9 Å². The number of amides is 2. The predicted molar refractivity (Wildman–Crippen MR) is 72.5 cm³/mol. The topological polar surface area (TPSA) is 102 Å². The molecule has 21 heavy (non-hydrogen) atoms. The van der Waals surface area contributed by atoms with Crippen molar-refractivity contribution in [2.75, 3.05) is 13.1 Å². The van der Waals surface area contributed by atoms with Gasteiger partial charge in [-0.15, -0.1) is 0 Å². The molecule has 1 saturated heterocycles. The molecule has 2 amide bonds. The van der Waals surface area contributed by atoms with Gasteiger partial charge in [-0.05, 0) is 18.6 Å². The molecular formula is C14H14N4O3. The molecule has 1 aliphatic heterocycles. The molecule has 108 valence electrons. The van der Waals surface area contributed by atoms with E-state index in [1.807, 2.05) is 0 Å². The van der Waals surface area contributed by atoms with E-state index in [1.54, 1.807) is 17.0 Å². The van der Waals surface area contributed by atoms with Crippen molar-refractivity contribution in [2.24, 2.45) is 5.73 Å². The van der Waals surface area contributed by atoms with E-state index in [2.05, 4.69) is 9.97 Å². The summed E-state index contributed by atoms with van der Waals surface area (Å²) >= 11 is 0. The van der Waals surface area contributed by atoms with Crippen LogP contribution < -0.4 is 5.73 Å². The Bertz CT molecular complexity index is 669. The van der Waals surface area contributed by atoms with Crippen LogP contribution in [0.3, 0.4) is 0 Å². The molecule has 0 unspecified atom stereocenters. The van der Waals surface area contributed by atoms with Gasteiger partial charge >= 0.3 is 0 Å². The average molecular weight is 286 g/mol. The Hall–Kier alpha value is -2.70. The number of hydrogen-bond donors (Lipinski definition) is 1. The van der Waals surface area contributed by atoms with E-state index in [4.69, 9.17) is 10.2 Å². The van der Waals surface area contributed by atoms with E-state index in [9.17, 15) is 9.59 Å². The Morgan fingerprint density at radius 1 is 1.33 bits per heavy atom. The molecule has 3 rings (SSSR count). The van der Waals surface area contributed by atoms with Gasteiger partial charge in [0.2, 0.25) is 0 Å². The summed E-state index contributed by atoms with van der Waals surface area (Å²) in [5.41, 5.74) is 6.05. The van der Waals surface area contributed by atoms with Gasteiger partial charge in [-0.2, -0.15) is 0 Å². The minimum absolute atomic E-state index is 0.0416. The van der Waals surface area contributed by atoms with Crippen LogP contribution in [0.2, 0.25) is 0 Å². The summed E-state index contributed by atoms with van der Waals surface area (Å²) in [6, 6.07) is 3.31. The molecule has 0 aliphatic carbocycles. The van der Waals surface area contributed by atoms with Crippen LogP contribution in [0.4, 0.5) is 0 Å². The van der Waals surface area contributed by atoms with Gasteiger partial charge in [0, 0.05) is 31.4 Å². The fourth-order valence-corrected chi connectivity index (χ4v) is 2.56. The quantitative estimate of drug-likeness (QED) is 0.899. The third kappa shape index (κ3) is 2.49. The Labute approximate surface area is 120 Å². The van der Waals surface area contributed by atoms with E-state index >= 15 is 0 Å². The second-order valence-corrected chi connectivity index (χ2v) is 4.87. The van der Waals surface area contributed by atoms with Crippen molar-refractivity contribution in [1.82, 2.24) is 14.9 Å². The van der Waals surface area contributed by atoms with Crippen LogP contribution in [0.1, 0.15) is 39.1 Å². The lowest BCUT2D eigenvalue weighted by Gasteiger charge is -2.15. The normalized spacial score (nSPS) is 17.9. The van der Waals surface area contributed by atoms with Crippen LogP contribution in [-0.4, -0.2) is 39.8 Å². The highest BCUT2D eigenvalue weighted by atomic mass is 16.3. The number of carbonyl (C=O) groups excluding carboxylic acids is 2. The molecule has 0 saturated carbocycles. The maximum absolute atomic E-state index is 12.2. The van der Waals surface area contributed by atoms with Gasteiger partial charge in [0.25, 0.3) is 11.8 Å². The Morgan fingerprint density at radius 2 is 2.14 bits per heavy atom. The van der Waals surface area contributed by atoms with Crippen LogP contribution in [-0.2, 0) is 0 Å². The summed E-state index contributed by atoms with van der Waals surface area (Å²) in [4.78, 5) is 33.5. The number of carbonyl (C=O) groups is 2. The molecule has 2 aromatic rings. The molecule has 7 heteroatoms. The number of nitrogens with two attached hydrogens (primary N) is 1. The zero-order valence-electron chi connectivity index (χ0n) is 11.2. The third-order valence-electron chi connectivity index (χ3n) is 3.55. The first-order chi connectivity index (χ1) is 10.2. The van der Waals surface area contributed by atoms with Crippen molar-refractivity contribution in [1.29, 1.82) is 0 Å². The van der Waals surface area contributed by atoms with Crippen LogP contribution in [0.15, 0.2) is 35.2 Å². The lowest BCUT2D eigenvalue weighted by molar-refractivity contribution is 0.0759. The molecule has 0 bridgehead atoms. The highest BCUT2D eigenvalue weighted by molar-refractivity contribution is 5.93. The second kappa shape index (κ2) is 5.35. The second-order valence-electron chi connectivity index (χ2n) is 4.87. The molecule has 1 fully saturated rings. The lowest BCUT2D eigenvalue weighted by Crippen LogP contribution is -2.28. The van der Waals surface area contributed by atoms with E-state index < -0.39 is 5.91 Å². The summed E-state index contributed by atoms with van der Waals surface area (Å²) in [5.74, 6) is -0.494. The number of likely N-dealkylation sites (tertiary alicyclic amines) is 1. The van der Waals surface area contributed by atoms with Crippen molar-refractivity contribution in [3.8, 4) is 0 Å². The third-order valence-corrected chi connectivity index (χ3v) is 3.55. The molecule has 1 atom stereocenters. The lowest BCUT2D eigenvalue weighted by atomic mass is 10.0. The summed E-state index contributed by atoms with van der Waals surface area (Å²) in [6.45, 7) is 1.05. The van der Waals surface area contributed by atoms with Crippen LogP contribution >= 0.6 is 0 Å². The summed E-state index contributed by atoms with van der Waals surface area (Å²) in [7, 11) is 0. The first kappa shape index (κ1) is 13.3. The molecule has 7 nitrogen and oxygen atoms in total. The van der Waals surface area contributed by atoms with Crippen molar-refractivity contribution in [2.45, 2.75) is 12.3 Å². The highest BCUT2D eigenvalue weighted by Crippen LogP contribution is 2.28. The Morgan fingerprint density at radius 3 is 2.86 bits per heavy atom. The predicted octanol–water partition coefficient (Wildman–Crippen LogP) is 0.798. The molecule has 0 radical (unpaired) electrons. The number of primary amides is 1. The summed E-state index contributed by atoms with van der Waals surface area (Å²) in [5, 5.41) is 0. The fraction of sp³-hybridized carbons (Fsp3) is 0.286. The average Bonchev–Trinajstić information content (AvgIpc) is 3.18. The largest absolute Gasteiger partial charge is 0.459 e. The zero-order valence-corrected chi connectivity index (χ0v) is 11.2. The van der Waals surface area contributed by atoms with Crippen LogP contribution in [0.25, 0.3) is 0 Å². The maximum atomic E-state index is 12.2.